The summed E-state index contributed by atoms with van der Waals surface area (Å²) in [7, 11) is 0. The number of amides is 1. The lowest BCUT2D eigenvalue weighted by Crippen LogP contribution is -2.38. The van der Waals surface area contributed by atoms with E-state index >= 15 is 0 Å². The third-order valence-electron chi connectivity index (χ3n) is 4.25. The Morgan fingerprint density at radius 2 is 1.84 bits per heavy atom. The van der Waals surface area contributed by atoms with Crippen LogP contribution in [-0.4, -0.2) is 44.4 Å². The molecule has 0 N–H and O–H groups in total. The van der Waals surface area contributed by atoms with Crippen molar-refractivity contribution < 1.29 is 4.79 Å². The Kier molecular flexibility index (Phi) is 4.97. The number of hydrogen-bond donors (Lipinski definition) is 0. The van der Waals surface area contributed by atoms with Crippen LogP contribution in [0, 0.1) is 0 Å². The first-order chi connectivity index (χ1) is 12.1. The number of carbonyl (C=O) groups is 1. The van der Waals surface area contributed by atoms with E-state index in [1.807, 2.05) is 43.3 Å². The highest BCUT2D eigenvalue weighted by Crippen LogP contribution is 2.17. The number of likely N-dealkylation sites (N-methyl/N-ethyl adjacent to an activating group) is 1. The number of rotatable bonds is 4. The Labute approximate surface area is 148 Å². The Morgan fingerprint density at radius 3 is 2.52 bits per heavy atom. The second kappa shape index (κ2) is 7.34. The lowest BCUT2D eigenvalue weighted by Gasteiger charge is -2.28. The van der Waals surface area contributed by atoms with Crippen LogP contribution in [0.4, 0.5) is 4.79 Å². The van der Waals surface area contributed by atoms with Gasteiger partial charge in [0, 0.05) is 25.5 Å². The number of fused-ring (bicyclic) bond motifs is 1. The number of aromatic nitrogens is 2. The van der Waals surface area contributed by atoms with Gasteiger partial charge in [-0.2, -0.15) is 5.10 Å². The molecule has 0 spiro atoms. The SMILES string of the molecule is CCN(CC)C1=N/N(Cc2ccccc2)C(=O)n2ccnc2/C=C\1C. The van der Waals surface area contributed by atoms with Crippen LogP contribution in [0.1, 0.15) is 32.2 Å². The molecule has 0 unspecified atom stereocenters. The van der Waals surface area contributed by atoms with E-state index in [2.05, 4.69) is 23.7 Å². The number of imidazole rings is 1. The summed E-state index contributed by atoms with van der Waals surface area (Å²) in [5.41, 5.74) is 2.02. The second-order valence-corrected chi connectivity index (χ2v) is 5.90. The molecular weight excluding hydrogens is 314 g/mol. The van der Waals surface area contributed by atoms with E-state index in [1.54, 1.807) is 12.4 Å². The van der Waals surface area contributed by atoms with Crippen molar-refractivity contribution in [2.45, 2.75) is 27.3 Å². The lowest BCUT2D eigenvalue weighted by molar-refractivity contribution is 0.197. The summed E-state index contributed by atoms with van der Waals surface area (Å²) < 4.78 is 1.54. The Hall–Kier alpha value is -2.89. The molecule has 0 bridgehead atoms. The van der Waals surface area contributed by atoms with Crippen LogP contribution in [0.2, 0.25) is 0 Å². The average Bonchev–Trinajstić information content (AvgIpc) is 3.08. The molecule has 130 valence electrons. The molecule has 0 fully saturated rings. The molecule has 1 aromatic carbocycles. The van der Waals surface area contributed by atoms with E-state index in [0.717, 1.165) is 30.1 Å². The van der Waals surface area contributed by atoms with E-state index < -0.39 is 0 Å². The van der Waals surface area contributed by atoms with Crippen LogP contribution in [0.25, 0.3) is 6.08 Å². The van der Waals surface area contributed by atoms with E-state index in [9.17, 15) is 4.79 Å². The van der Waals surface area contributed by atoms with E-state index in [0.29, 0.717) is 12.4 Å². The van der Waals surface area contributed by atoms with Gasteiger partial charge < -0.3 is 4.90 Å². The molecule has 1 aliphatic heterocycles. The molecule has 0 radical (unpaired) electrons. The van der Waals surface area contributed by atoms with Gasteiger partial charge in [-0.3, -0.25) is 4.57 Å². The first-order valence-electron chi connectivity index (χ1n) is 8.55. The minimum Gasteiger partial charge on any atom is -0.356 e. The summed E-state index contributed by atoms with van der Waals surface area (Å²) in [6.07, 6.45) is 5.23. The highest BCUT2D eigenvalue weighted by molar-refractivity contribution is 6.02. The highest BCUT2D eigenvalue weighted by Gasteiger charge is 2.23. The maximum Gasteiger partial charge on any atom is 0.350 e. The summed E-state index contributed by atoms with van der Waals surface area (Å²) in [5, 5.41) is 6.24. The largest absolute Gasteiger partial charge is 0.356 e. The van der Waals surface area contributed by atoms with Crippen LogP contribution in [0.15, 0.2) is 53.4 Å². The Balaban J connectivity index is 2.08. The summed E-state index contributed by atoms with van der Waals surface area (Å²) in [4.78, 5) is 19.5. The number of amidine groups is 1. The second-order valence-electron chi connectivity index (χ2n) is 5.90. The average molecular weight is 337 g/mol. The zero-order chi connectivity index (χ0) is 17.8. The molecular formula is C19H23N5O. The predicted octanol–water partition coefficient (Wildman–Crippen LogP) is 3.43. The topological polar surface area (TPSA) is 53.7 Å². The van der Waals surface area contributed by atoms with Crippen molar-refractivity contribution in [3.05, 3.63) is 59.7 Å². The fourth-order valence-electron chi connectivity index (χ4n) is 2.90. The van der Waals surface area contributed by atoms with Crippen LogP contribution in [0.5, 0.6) is 0 Å². The van der Waals surface area contributed by atoms with E-state index in [1.165, 1.54) is 9.58 Å². The summed E-state index contributed by atoms with van der Waals surface area (Å²) in [6, 6.07) is 9.68. The van der Waals surface area contributed by atoms with Gasteiger partial charge in [0.15, 0.2) is 5.84 Å². The van der Waals surface area contributed by atoms with Gasteiger partial charge in [0.05, 0.1) is 6.54 Å². The monoisotopic (exact) mass is 337 g/mol. The molecule has 6 nitrogen and oxygen atoms in total. The number of nitrogens with zero attached hydrogens (tertiary/aromatic N) is 5. The first-order valence-corrected chi connectivity index (χ1v) is 8.55. The van der Waals surface area contributed by atoms with Gasteiger partial charge >= 0.3 is 6.03 Å². The molecule has 1 aliphatic rings. The van der Waals surface area contributed by atoms with Gasteiger partial charge in [0.2, 0.25) is 0 Å². The molecule has 1 aromatic heterocycles. The van der Waals surface area contributed by atoms with Gasteiger partial charge in [-0.05, 0) is 38.0 Å². The quantitative estimate of drug-likeness (QED) is 0.859. The fourth-order valence-corrected chi connectivity index (χ4v) is 2.90. The van der Waals surface area contributed by atoms with E-state index in [4.69, 9.17) is 5.10 Å². The Bertz CT molecular complexity index is 802. The van der Waals surface area contributed by atoms with Gasteiger partial charge in [0.25, 0.3) is 0 Å². The maximum absolute atomic E-state index is 13.0. The van der Waals surface area contributed by atoms with Gasteiger partial charge in [0.1, 0.15) is 5.82 Å². The van der Waals surface area contributed by atoms with Crippen molar-refractivity contribution in [3.63, 3.8) is 0 Å². The van der Waals surface area contributed by atoms with Crippen LogP contribution in [0.3, 0.4) is 0 Å². The number of hydrogen-bond acceptors (Lipinski definition) is 4. The molecule has 6 heteroatoms. The molecule has 2 aromatic rings. The van der Waals surface area contributed by atoms with Crippen molar-refractivity contribution in [2.24, 2.45) is 5.10 Å². The Morgan fingerprint density at radius 1 is 1.12 bits per heavy atom. The van der Waals surface area contributed by atoms with Crippen molar-refractivity contribution in [3.8, 4) is 0 Å². The first kappa shape index (κ1) is 17.0. The summed E-state index contributed by atoms with van der Waals surface area (Å²) in [6.45, 7) is 8.23. The minimum atomic E-state index is -0.204. The molecule has 3 rings (SSSR count). The van der Waals surface area contributed by atoms with Crippen molar-refractivity contribution in [2.75, 3.05) is 13.1 Å². The van der Waals surface area contributed by atoms with Crippen molar-refractivity contribution in [1.82, 2.24) is 19.5 Å². The standard InChI is InChI=1S/C19H23N5O/c1-4-22(5-2)18-15(3)13-17-20-11-12-23(17)19(25)24(21-18)14-16-9-7-6-8-10-16/h6-13H,4-5,14H2,1-3H3/b15-13-,21-18+. The maximum atomic E-state index is 13.0. The van der Waals surface area contributed by atoms with Gasteiger partial charge in [-0.1, -0.05) is 30.3 Å². The molecule has 2 heterocycles. The molecule has 0 saturated carbocycles. The van der Waals surface area contributed by atoms with Crippen LogP contribution in [-0.2, 0) is 6.54 Å². The molecule has 1 amide bonds. The van der Waals surface area contributed by atoms with Gasteiger partial charge in [-0.15, -0.1) is 0 Å². The smallest absolute Gasteiger partial charge is 0.350 e. The third-order valence-corrected chi connectivity index (χ3v) is 4.25. The molecule has 0 saturated heterocycles. The normalized spacial score (nSPS) is 18.5. The zero-order valence-corrected chi connectivity index (χ0v) is 14.9. The number of benzene rings is 1. The van der Waals surface area contributed by atoms with Crippen molar-refractivity contribution >= 4 is 17.9 Å². The molecule has 0 atom stereocenters. The van der Waals surface area contributed by atoms with Crippen LogP contribution >= 0.6 is 0 Å². The van der Waals surface area contributed by atoms with Crippen molar-refractivity contribution in [1.29, 1.82) is 0 Å². The number of hydrazone groups is 1. The minimum absolute atomic E-state index is 0.204. The highest BCUT2D eigenvalue weighted by atomic mass is 16.2. The fraction of sp³-hybridized carbons (Fsp3) is 0.316. The molecule has 25 heavy (non-hydrogen) atoms. The van der Waals surface area contributed by atoms with Crippen LogP contribution < -0.4 is 0 Å². The third kappa shape index (κ3) is 3.47. The summed E-state index contributed by atoms with van der Waals surface area (Å²) >= 11 is 0. The summed E-state index contributed by atoms with van der Waals surface area (Å²) in [5.74, 6) is 1.43. The molecule has 0 aliphatic carbocycles. The lowest BCUT2D eigenvalue weighted by atomic mass is 10.2. The van der Waals surface area contributed by atoms with E-state index in [-0.39, 0.29) is 6.03 Å². The van der Waals surface area contributed by atoms with Gasteiger partial charge in [-0.25, -0.2) is 14.8 Å². The zero-order valence-electron chi connectivity index (χ0n) is 14.9. The predicted molar refractivity (Wildman–Crippen MR) is 99.0 cm³/mol. The number of carbonyl (C=O) groups excluding carboxylic acids is 1.